The summed E-state index contributed by atoms with van der Waals surface area (Å²) in [7, 11) is 0. The molecule has 0 aliphatic carbocycles. The number of piperidine rings is 1. The van der Waals surface area contributed by atoms with E-state index in [4.69, 9.17) is 16.3 Å². The molecule has 182 valence electrons. The molecule has 0 saturated carbocycles. The van der Waals surface area contributed by atoms with Crippen molar-refractivity contribution in [2.75, 3.05) is 25.0 Å². The number of imidazole rings is 1. The number of benzene rings is 1. The van der Waals surface area contributed by atoms with E-state index in [1.165, 1.54) is 12.3 Å². The van der Waals surface area contributed by atoms with Crippen molar-refractivity contribution in [3.63, 3.8) is 0 Å². The summed E-state index contributed by atoms with van der Waals surface area (Å²) < 4.78 is 35.7. The van der Waals surface area contributed by atoms with Crippen LogP contribution in [0, 0.1) is 5.82 Å². The van der Waals surface area contributed by atoms with Crippen molar-refractivity contribution < 1.29 is 23.5 Å². The van der Waals surface area contributed by atoms with E-state index in [1.807, 2.05) is 6.92 Å². The van der Waals surface area contributed by atoms with Gasteiger partial charge in [0.1, 0.15) is 29.6 Å². The van der Waals surface area contributed by atoms with Gasteiger partial charge in [-0.3, -0.25) is 0 Å². The molecule has 1 fully saturated rings. The highest BCUT2D eigenvalue weighted by Crippen LogP contribution is 2.44. The fraction of sp³-hybridized carbons (Fsp3) is 0.476. The summed E-state index contributed by atoms with van der Waals surface area (Å²) in [4.78, 5) is 13.1. The van der Waals surface area contributed by atoms with Crippen molar-refractivity contribution in [1.29, 1.82) is 0 Å². The lowest BCUT2D eigenvalue weighted by Gasteiger charge is -2.33. The summed E-state index contributed by atoms with van der Waals surface area (Å²) in [5, 5.41) is 23.9. The Balaban J connectivity index is 1.58. The Bertz CT molecular complexity index is 1270. The van der Waals surface area contributed by atoms with Crippen LogP contribution in [0.15, 0.2) is 12.3 Å². The van der Waals surface area contributed by atoms with E-state index >= 15 is 4.39 Å². The number of thiol groups is 1. The van der Waals surface area contributed by atoms with Gasteiger partial charge in [0.05, 0.1) is 47.0 Å². The van der Waals surface area contributed by atoms with Gasteiger partial charge < -0.3 is 24.8 Å². The Hall–Kier alpha value is -2.38. The molecule has 2 aliphatic rings. The highest BCUT2D eigenvalue weighted by molar-refractivity contribution is 7.63. The zero-order valence-corrected chi connectivity index (χ0v) is 20.1. The molecule has 4 heterocycles. The van der Waals surface area contributed by atoms with E-state index in [2.05, 4.69) is 20.3 Å². The lowest BCUT2D eigenvalue weighted by molar-refractivity contribution is 0.0980. The van der Waals surface area contributed by atoms with Crippen molar-refractivity contribution >= 4 is 40.4 Å². The van der Waals surface area contributed by atoms with E-state index < -0.39 is 18.0 Å². The van der Waals surface area contributed by atoms with Gasteiger partial charge >= 0.3 is 0 Å². The number of aliphatic hydroxyl groups is 2. The molecule has 0 amide bonds. The summed E-state index contributed by atoms with van der Waals surface area (Å²) in [6.07, 6.45) is 0.279. The summed E-state index contributed by atoms with van der Waals surface area (Å²) in [5.74, 6) is 0.364. The standard InChI is InChI=1S/C21H24ClFN6O4S/c1-9-8-33-19-11(5-13(23)17-18(19)29(9)20(26-17)10(2)30)16-12(22)6-24-21(27-16)25-14-3-4-28(34-32)7-15(14)31/h5-6,9-10,14-15,30-31,34H,3-4,7-8H2,1-2H3,(H,24,25,27). The van der Waals surface area contributed by atoms with E-state index in [-0.39, 0.29) is 52.7 Å². The lowest BCUT2D eigenvalue weighted by atomic mass is 10.0. The van der Waals surface area contributed by atoms with Gasteiger partial charge in [0, 0.05) is 18.7 Å². The van der Waals surface area contributed by atoms with E-state index in [0.717, 1.165) is 0 Å². The molecule has 5 rings (SSSR count). The molecule has 0 bridgehead atoms. The van der Waals surface area contributed by atoms with Crippen LogP contribution < -0.4 is 10.1 Å². The number of hydrogen-bond acceptors (Lipinski definition) is 8. The van der Waals surface area contributed by atoms with Gasteiger partial charge in [0.25, 0.3) is 0 Å². The first-order chi connectivity index (χ1) is 16.3. The van der Waals surface area contributed by atoms with Crippen LogP contribution in [0.25, 0.3) is 22.3 Å². The highest BCUT2D eigenvalue weighted by atomic mass is 35.5. The molecule has 4 unspecified atom stereocenters. The second-order valence-electron chi connectivity index (χ2n) is 8.60. The van der Waals surface area contributed by atoms with Crippen molar-refractivity contribution in [3.8, 4) is 17.0 Å². The molecule has 34 heavy (non-hydrogen) atoms. The van der Waals surface area contributed by atoms with Crippen LogP contribution in [0.4, 0.5) is 10.3 Å². The van der Waals surface area contributed by atoms with Crippen molar-refractivity contribution in [3.05, 3.63) is 28.9 Å². The topological polar surface area (TPSA) is 126 Å². The summed E-state index contributed by atoms with van der Waals surface area (Å²) in [6, 6.07) is 0.766. The van der Waals surface area contributed by atoms with Gasteiger partial charge in [-0.05, 0) is 26.3 Å². The average Bonchev–Trinajstić information content (AvgIpc) is 3.23. The van der Waals surface area contributed by atoms with Crippen LogP contribution in [0.3, 0.4) is 0 Å². The molecule has 4 atom stereocenters. The Kier molecular flexibility index (Phi) is 6.19. The molecular formula is C21H24ClFN6O4S. The normalized spacial score (nSPS) is 23.6. The van der Waals surface area contributed by atoms with Gasteiger partial charge in [-0.1, -0.05) is 11.6 Å². The monoisotopic (exact) mass is 510 g/mol. The Morgan fingerprint density at radius 1 is 1.41 bits per heavy atom. The first kappa shape index (κ1) is 23.4. The smallest absolute Gasteiger partial charge is 0.223 e. The predicted octanol–water partition coefficient (Wildman–Crippen LogP) is 2.00. The molecule has 3 N–H and O–H groups in total. The molecule has 3 aromatic rings. The second kappa shape index (κ2) is 9.00. The largest absolute Gasteiger partial charge is 0.488 e. The Morgan fingerprint density at radius 3 is 2.91 bits per heavy atom. The van der Waals surface area contributed by atoms with E-state index in [9.17, 15) is 14.4 Å². The van der Waals surface area contributed by atoms with E-state index in [0.29, 0.717) is 42.2 Å². The summed E-state index contributed by atoms with van der Waals surface area (Å²) in [6.45, 7) is 4.57. The lowest BCUT2D eigenvalue weighted by Crippen LogP contribution is -2.48. The van der Waals surface area contributed by atoms with Gasteiger partial charge in [0.2, 0.25) is 5.95 Å². The molecule has 13 heteroatoms. The minimum absolute atomic E-state index is 0.109. The van der Waals surface area contributed by atoms with Gasteiger partial charge in [-0.15, -0.1) is 0 Å². The highest BCUT2D eigenvalue weighted by Gasteiger charge is 2.32. The molecule has 2 aromatic heterocycles. The minimum Gasteiger partial charge on any atom is -0.488 e. The zero-order chi connectivity index (χ0) is 24.1. The van der Waals surface area contributed by atoms with Crippen LogP contribution in [0.5, 0.6) is 5.75 Å². The van der Waals surface area contributed by atoms with Crippen LogP contribution in [0.1, 0.15) is 38.2 Å². The third-order valence-electron chi connectivity index (χ3n) is 6.17. The summed E-state index contributed by atoms with van der Waals surface area (Å²) >= 11 is 6.30. The van der Waals surface area contributed by atoms with Gasteiger partial charge in [-0.2, -0.15) is 0 Å². The minimum atomic E-state index is -0.888. The van der Waals surface area contributed by atoms with Crippen LogP contribution >= 0.6 is 11.6 Å². The van der Waals surface area contributed by atoms with Crippen molar-refractivity contribution in [2.24, 2.45) is 0 Å². The third kappa shape index (κ3) is 3.93. The fourth-order valence-corrected chi connectivity index (χ4v) is 5.14. The number of aliphatic hydroxyl groups excluding tert-OH is 2. The molecule has 1 saturated heterocycles. The first-order valence-corrected chi connectivity index (χ1v) is 12.0. The predicted molar refractivity (Wildman–Crippen MR) is 126 cm³/mol. The molecular weight excluding hydrogens is 487 g/mol. The number of nitrogens with zero attached hydrogens (tertiary/aromatic N) is 5. The molecule has 2 aliphatic heterocycles. The van der Waals surface area contributed by atoms with Gasteiger partial charge in [-0.25, -0.2) is 27.9 Å². The van der Waals surface area contributed by atoms with Crippen LogP contribution in [-0.4, -0.2) is 70.1 Å². The molecule has 0 radical (unpaired) electrons. The molecule has 0 spiro atoms. The average molecular weight is 511 g/mol. The van der Waals surface area contributed by atoms with Crippen molar-refractivity contribution in [1.82, 2.24) is 23.8 Å². The van der Waals surface area contributed by atoms with Crippen LogP contribution in [0.2, 0.25) is 5.02 Å². The number of rotatable bonds is 5. The number of ether oxygens (including phenoxy) is 1. The first-order valence-electron chi connectivity index (χ1n) is 10.9. The quantitative estimate of drug-likeness (QED) is 0.384. The number of nitrogens with one attached hydrogen (secondary N) is 1. The number of halogens is 2. The summed E-state index contributed by atoms with van der Waals surface area (Å²) in [5.41, 5.74) is 1.15. The Labute approximate surface area is 203 Å². The maximum Gasteiger partial charge on any atom is 0.223 e. The maximum atomic E-state index is 15.2. The molecule has 1 aromatic carbocycles. The number of aromatic nitrogens is 4. The second-order valence-corrected chi connectivity index (χ2v) is 9.74. The fourth-order valence-electron chi connectivity index (χ4n) is 4.51. The van der Waals surface area contributed by atoms with E-state index in [1.54, 1.807) is 15.8 Å². The number of anilines is 1. The van der Waals surface area contributed by atoms with Crippen molar-refractivity contribution in [2.45, 2.75) is 44.6 Å². The SMILES string of the molecule is CC(O)c1nc2c(F)cc(-c3nc(NC4CCN([SH]=O)CC4O)ncc3Cl)c3c2n1C(C)CO3. The molecule has 10 nitrogen and oxygen atoms in total. The number of β-amino-alcohol motifs (C(OH)–C–C–N with tert-alkyl or cyclic N) is 1. The maximum absolute atomic E-state index is 15.2. The zero-order valence-electron chi connectivity index (χ0n) is 18.4. The number of hydrogen-bond donors (Lipinski definition) is 4. The third-order valence-corrected chi connectivity index (χ3v) is 7.04. The van der Waals surface area contributed by atoms with Crippen LogP contribution in [-0.2, 0) is 11.9 Å². The Morgan fingerprint density at radius 2 is 2.21 bits per heavy atom. The van der Waals surface area contributed by atoms with Gasteiger partial charge in [0.15, 0.2) is 11.6 Å².